The molecule has 0 aliphatic carbocycles. The molecule has 1 nitrogen and oxygen atoms in total. The van der Waals surface area contributed by atoms with Crippen LogP contribution >= 0.6 is 0 Å². The highest BCUT2D eigenvalue weighted by Crippen LogP contribution is 2.24. The summed E-state index contributed by atoms with van der Waals surface area (Å²) in [6.45, 7) is 14.7. The van der Waals surface area contributed by atoms with Crippen LogP contribution in [0.4, 0.5) is 0 Å². The molecule has 0 radical (unpaired) electrons. The summed E-state index contributed by atoms with van der Waals surface area (Å²) < 4.78 is 0. The van der Waals surface area contributed by atoms with Gasteiger partial charge in [-0.2, -0.15) is 0 Å². The largest absolute Gasteiger partial charge is 0.312 e. The predicted molar refractivity (Wildman–Crippen MR) is 90.2 cm³/mol. The molecular weight excluding hydrogens is 242 g/mol. The van der Waals surface area contributed by atoms with E-state index in [1.165, 1.54) is 30.4 Å². The number of benzene rings is 1. The fourth-order valence-corrected chi connectivity index (χ4v) is 2.83. The summed E-state index contributed by atoms with van der Waals surface area (Å²) in [6, 6.07) is 9.05. The molecule has 1 rings (SSSR count). The second-order valence-electron chi connectivity index (χ2n) is 7.16. The Kier molecular flexibility index (Phi) is 6.75. The Morgan fingerprint density at radius 3 is 1.95 bits per heavy atom. The Bertz CT molecular complexity index is 368. The fraction of sp³-hybridized carbons (Fsp3) is 0.684. The standard InChI is InChI=1S/C19H33N/c1-7-17(8-2)18(14-20-19(4,5)6)13-16-11-9-15(3)10-12-16/h9-12,17-18,20H,7-8,13-14H2,1-6H3. The van der Waals surface area contributed by atoms with Crippen LogP contribution in [-0.2, 0) is 6.42 Å². The van der Waals surface area contributed by atoms with E-state index in [4.69, 9.17) is 0 Å². The van der Waals surface area contributed by atoms with Gasteiger partial charge in [0, 0.05) is 5.54 Å². The van der Waals surface area contributed by atoms with Crippen molar-refractivity contribution in [2.24, 2.45) is 11.8 Å². The molecule has 0 saturated heterocycles. The maximum Gasteiger partial charge on any atom is 0.00966 e. The zero-order chi connectivity index (χ0) is 15.2. The third-order valence-electron chi connectivity index (χ3n) is 4.23. The van der Waals surface area contributed by atoms with Crippen molar-refractivity contribution in [2.75, 3.05) is 6.54 Å². The maximum absolute atomic E-state index is 3.70. The van der Waals surface area contributed by atoms with E-state index < -0.39 is 0 Å². The number of hydrogen-bond donors (Lipinski definition) is 1. The van der Waals surface area contributed by atoms with Gasteiger partial charge in [0.2, 0.25) is 0 Å². The normalized spacial score (nSPS) is 13.8. The van der Waals surface area contributed by atoms with E-state index in [1.807, 2.05) is 0 Å². The molecule has 0 amide bonds. The molecular formula is C19H33N. The molecule has 114 valence electrons. The minimum absolute atomic E-state index is 0.206. The van der Waals surface area contributed by atoms with E-state index in [2.05, 4.69) is 71.1 Å². The van der Waals surface area contributed by atoms with E-state index >= 15 is 0 Å². The fourth-order valence-electron chi connectivity index (χ4n) is 2.83. The van der Waals surface area contributed by atoms with Crippen molar-refractivity contribution >= 4 is 0 Å². The molecule has 20 heavy (non-hydrogen) atoms. The summed E-state index contributed by atoms with van der Waals surface area (Å²) >= 11 is 0. The molecule has 1 heteroatoms. The van der Waals surface area contributed by atoms with Crippen LogP contribution in [-0.4, -0.2) is 12.1 Å². The smallest absolute Gasteiger partial charge is 0.00966 e. The SMILES string of the molecule is CCC(CC)C(CNC(C)(C)C)Cc1ccc(C)cc1. The van der Waals surface area contributed by atoms with Gasteiger partial charge in [0.1, 0.15) is 0 Å². The lowest BCUT2D eigenvalue weighted by atomic mass is 9.83. The first-order chi connectivity index (χ1) is 9.35. The van der Waals surface area contributed by atoms with Crippen molar-refractivity contribution in [3.63, 3.8) is 0 Å². The lowest BCUT2D eigenvalue weighted by Gasteiger charge is -2.30. The van der Waals surface area contributed by atoms with Crippen molar-refractivity contribution < 1.29 is 0 Å². The highest BCUT2D eigenvalue weighted by Gasteiger charge is 2.21. The molecule has 0 saturated carbocycles. The van der Waals surface area contributed by atoms with E-state index in [-0.39, 0.29) is 5.54 Å². The lowest BCUT2D eigenvalue weighted by molar-refractivity contribution is 0.270. The second kappa shape index (κ2) is 7.83. The van der Waals surface area contributed by atoms with Gasteiger partial charge in [-0.3, -0.25) is 0 Å². The van der Waals surface area contributed by atoms with Crippen molar-refractivity contribution in [3.8, 4) is 0 Å². The Balaban J connectivity index is 2.73. The molecule has 1 atom stereocenters. The van der Waals surface area contributed by atoms with Gasteiger partial charge in [0.15, 0.2) is 0 Å². The van der Waals surface area contributed by atoms with Crippen molar-refractivity contribution in [2.45, 2.75) is 66.3 Å². The van der Waals surface area contributed by atoms with Crippen LogP contribution in [0.1, 0.15) is 58.6 Å². The molecule has 1 N–H and O–H groups in total. The molecule has 0 aliphatic rings. The topological polar surface area (TPSA) is 12.0 Å². The summed E-state index contributed by atoms with van der Waals surface area (Å²) in [5.41, 5.74) is 3.03. The van der Waals surface area contributed by atoms with Crippen molar-refractivity contribution in [1.29, 1.82) is 0 Å². The van der Waals surface area contributed by atoms with Crippen LogP contribution in [0.2, 0.25) is 0 Å². The molecule has 1 unspecified atom stereocenters. The molecule has 0 spiro atoms. The Morgan fingerprint density at radius 1 is 0.950 bits per heavy atom. The first kappa shape index (κ1) is 17.2. The first-order valence-corrected chi connectivity index (χ1v) is 8.16. The van der Waals surface area contributed by atoms with Gasteiger partial charge >= 0.3 is 0 Å². The number of hydrogen-bond acceptors (Lipinski definition) is 1. The summed E-state index contributed by atoms with van der Waals surface area (Å²) in [5, 5.41) is 3.70. The molecule has 0 bridgehead atoms. The van der Waals surface area contributed by atoms with Gasteiger partial charge in [-0.1, -0.05) is 56.5 Å². The molecule has 1 aromatic carbocycles. The maximum atomic E-state index is 3.70. The van der Waals surface area contributed by atoms with Crippen LogP contribution in [0.3, 0.4) is 0 Å². The minimum Gasteiger partial charge on any atom is -0.312 e. The first-order valence-electron chi connectivity index (χ1n) is 8.16. The third-order valence-corrected chi connectivity index (χ3v) is 4.23. The van der Waals surface area contributed by atoms with E-state index in [1.54, 1.807) is 0 Å². The van der Waals surface area contributed by atoms with Crippen molar-refractivity contribution in [1.82, 2.24) is 5.32 Å². The average molecular weight is 275 g/mol. The minimum atomic E-state index is 0.206. The van der Waals surface area contributed by atoms with Gasteiger partial charge in [-0.15, -0.1) is 0 Å². The van der Waals surface area contributed by atoms with Crippen LogP contribution in [0, 0.1) is 18.8 Å². The number of aryl methyl sites for hydroxylation is 1. The number of rotatable bonds is 7. The third kappa shape index (κ3) is 6.09. The molecule has 0 aliphatic heterocycles. The van der Waals surface area contributed by atoms with E-state index in [0.717, 1.165) is 18.4 Å². The van der Waals surface area contributed by atoms with E-state index in [0.29, 0.717) is 0 Å². The van der Waals surface area contributed by atoms with Gasteiger partial charge in [-0.05, 0) is 58.1 Å². The Labute approximate surface area is 126 Å². The van der Waals surface area contributed by atoms with E-state index in [9.17, 15) is 0 Å². The summed E-state index contributed by atoms with van der Waals surface area (Å²) in [5.74, 6) is 1.54. The molecule has 1 aromatic rings. The van der Waals surface area contributed by atoms with Crippen LogP contribution < -0.4 is 5.32 Å². The lowest BCUT2D eigenvalue weighted by Crippen LogP contribution is -2.41. The van der Waals surface area contributed by atoms with Gasteiger partial charge in [-0.25, -0.2) is 0 Å². The summed E-state index contributed by atoms with van der Waals surface area (Å²) in [7, 11) is 0. The van der Waals surface area contributed by atoms with Gasteiger partial charge in [0.25, 0.3) is 0 Å². The summed E-state index contributed by atoms with van der Waals surface area (Å²) in [4.78, 5) is 0. The summed E-state index contributed by atoms with van der Waals surface area (Å²) in [6.07, 6.45) is 3.74. The zero-order valence-corrected chi connectivity index (χ0v) is 14.3. The monoisotopic (exact) mass is 275 g/mol. The highest BCUT2D eigenvalue weighted by atomic mass is 14.9. The Morgan fingerprint density at radius 2 is 1.50 bits per heavy atom. The van der Waals surface area contributed by atoms with Gasteiger partial charge < -0.3 is 5.32 Å². The van der Waals surface area contributed by atoms with Crippen molar-refractivity contribution in [3.05, 3.63) is 35.4 Å². The second-order valence-corrected chi connectivity index (χ2v) is 7.16. The zero-order valence-electron chi connectivity index (χ0n) is 14.3. The van der Waals surface area contributed by atoms with Crippen LogP contribution in [0.15, 0.2) is 24.3 Å². The predicted octanol–water partition coefficient (Wildman–Crippen LogP) is 4.98. The molecule has 0 aromatic heterocycles. The number of nitrogens with one attached hydrogen (secondary N) is 1. The molecule has 0 fully saturated rings. The molecule has 0 heterocycles. The van der Waals surface area contributed by atoms with Crippen LogP contribution in [0.25, 0.3) is 0 Å². The Hall–Kier alpha value is -0.820. The van der Waals surface area contributed by atoms with Gasteiger partial charge in [0.05, 0.1) is 0 Å². The van der Waals surface area contributed by atoms with Crippen LogP contribution in [0.5, 0.6) is 0 Å². The quantitative estimate of drug-likeness (QED) is 0.740. The highest BCUT2D eigenvalue weighted by molar-refractivity contribution is 5.21. The average Bonchev–Trinajstić information content (AvgIpc) is 2.38.